The van der Waals surface area contributed by atoms with Gasteiger partial charge in [-0.3, -0.25) is 0 Å². The molecule has 0 saturated heterocycles. The standard InChI is InChI=1S/C11H13IO3/c1-11(2,3)15-9-5-4-7(10(13)14)6-8(9)12/h4-6H,1-3H3,(H,13,14). The third-order valence-electron chi connectivity index (χ3n) is 1.59. The lowest BCUT2D eigenvalue weighted by Crippen LogP contribution is -2.23. The van der Waals surface area contributed by atoms with Crippen molar-refractivity contribution in [2.24, 2.45) is 0 Å². The van der Waals surface area contributed by atoms with E-state index in [1.165, 1.54) is 0 Å². The van der Waals surface area contributed by atoms with Crippen molar-refractivity contribution in [1.29, 1.82) is 0 Å². The third kappa shape index (κ3) is 3.70. The first-order valence-corrected chi connectivity index (χ1v) is 5.59. The van der Waals surface area contributed by atoms with Crippen molar-refractivity contribution in [3.05, 3.63) is 27.3 Å². The summed E-state index contributed by atoms with van der Waals surface area (Å²) in [6.07, 6.45) is 0. The van der Waals surface area contributed by atoms with Crippen molar-refractivity contribution in [2.45, 2.75) is 26.4 Å². The Hall–Kier alpha value is -0.780. The molecule has 0 spiro atoms. The lowest BCUT2D eigenvalue weighted by molar-refractivity contribution is 0.0696. The summed E-state index contributed by atoms with van der Waals surface area (Å²) in [5.74, 6) is -0.205. The number of ether oxygens (including phenoxy) is 1. The molecular formula is C11H13IO3. The van der Waals surface area contributed by atoms with Crippen LogP contribution in [0.25, 0.3) is 0 Å². The molecule has 0 aliphatic heterocycles. The van der Waals surface area contributed by atoms with E-state index in [2.05, 4.69) is 22.6 Å². The molecular weight excluding hydrogens is 307 g/mol. The van der Waals surface area contributed by atoms with Gasteiger partial charge in [0.15, 0.2) is 0 Å². The number of carbonyl (C=O) groups is 1. The fourth-order valence-corrected chi connectivity index (χ4v) is 1.67. The molecule has 3 nitrogen and oxygen atoms in total. The summed E-state index contributed by atoms with van der Waals surface area (Å²) in [5.41, 5.74) is 0.00524. The number of hydrogen-bond donors (Lipinski definition) is 1. The van der Waals surface area contributed by atoms with Gasteiger partial charge in [-0.05, 0) is 61.6 Å². The third-order valence-corrected chi connectivity index (χ3v) is 2.44. The van der Waals surface area contributed by atoms with Crippen LogP contribution >= 0.6 is 22.6 Å². The predicted octanol–water partition coefficient (Wildman–Crippen LogP) is 3.17. The Labute approximate surface area is 103 Å². The van der Waals surface area contributed by atoms with Crippen LogP contribution in [-0.4, -0.2) is 16.7 Å². The van der Waals surface area contributed by atoms with Crippen LogP contribution in [0.2, 0.25) is 0 Å². The van der Waals surface area contributed by atoms with Gasteiger partial charge in [0.05, 0.1) is 9.13 Å². The minimum absolute atomic E-state index is 0.273. The summed E-state index contributed by atoms with van der Waals surface area (Å²) in [6, 6.07) is 4.84. The summed E-state index contributed by atoms with van der Waals surface area (Å²) in [5, 5.41) is 8.79. The Morgan fingerprint density at radius 2 is 2.00 bits per heavy atom. The van der Waals surface area contributed by atoms with Crippen LogP contribution < -0.4 is 4.74 Å². The molecule has 0 saturated carbocycles. The lowest BCUT2D eigenvalue weighted by atomic mass is 10.2. The summed E-state index contributed by atoms with van der Waals surface area (Å²) >= 11 is 2.07. The first-order chi connectivity index (χ1) is 6.79. The van der Waals surface area contributed by atoms with E-state index in [1.54, 1.807) is 18.2 Å². The van der Waals surface area contributed by atoms with Crippen molar-refractivity contribution < 1.29 is 14.6 Å². The molecule has 0 heterocycles. The zero-order valence-corrected chi connectivity index (χ0v) is 11.0. The number of hydrogen-bond acceptors (Lipinski definition) is 2. The Morgan fingerprint density at radius 3 is 2.40 bits per heavy atom. The van der Waals surface area contributed by atoms with Crippen molar-refractivity contribution >= 4 is 28.6 Å². The monoisotopic (exact) mass is 320 g/mol. The normalized spacial score (nSPS) is 11.2. The number of carboxylic acid groups (broad SMARTS) is 1. The quantitative estimate of drug-likeness (QED) is 0.852. The number of rotatable bonds is 2. The average molecular weight is 320 g/mol. The van der Waals surface area contributed by atoms with Gasteiger partial charge in [0.2, 0.25) is 0 Å². The highest BCUT2D eigenvalue weighted by atomic mass is 127. The topological polar surface area (TPSA) is 46.5 Å². The molecule has 15 heavy (non-hydrogen) atoms. The fraction of sp³-hybridized carbons (Fsp3) is 0.364. The molecule has 82 valence electrons. The molecule has 0 aliphatic carbocycles. The largest absolute Gasteiger partial charge is 0.487 e. The highest BCUT2D eigenvalue weighted by molar-refractivity contribution is 14.1. The second kappa shape index (κ2) is 4.38. The summed E-state index contributed by atoms with van der Waals surface area (Å²) < 4.78 is 6.47. The van der Waals surface area contributed by atoms with E-state index in [9.17, 15) is 4.79 Å². The van der Waals surface area contributed by atoms with Crippen LogP contribution in [0.1, 0.15) is 31.1 Å². The van der Waals surface area contributed by atoms with E-state index in [0.29, 0.717) is 5.75 Å². The summed E-state index contributed by atoms with van der Waals surface area (Å²) in [7, 11) is 0. The molecule has 0 amide bonds. The first-order valence-electron chi connectivity index (χ1n) is 4.51. The SMILES string of the molecule is CC(C)(C)Oc1ccc(C(=O)O)cc1I. The molecule has 1 aromatic carbocycles. The van der Waals surface area contributed by atoms with E-state index in [0.717, 1.165) is 3.57 Å². The smallest absolute Gasteiger partial charge is 0.335 e. The minimum atomic E-state index is -0.921. The van der Waals surface area contributed by atoms with Crippen LogP contribution in [0.15, 0.2) is 18.2 Å². The predicted molar refractivity (Wildman–Crippen MR) is 66.5 cm³/mol. The maximum absolute atomic E-state index is 10.7. The Morgan fingerprint density at radius 1 is 1.40 bits per heavy atom. The molecule has 1 rings (SSSR count). The first kappa shape index (κ1) is 12.3. The minimum Gasteiger partial charge on any atom is -0.487 e. The molecule has 0 atom stereocenters. The van der Waals surface area contributed by atoms with Gasteiger partial charge in [0.25, 0.3) is 0 Å². The zero-order chi connectivity index (χ0) is 11.6. The van der Waals surface area contributed by atoms with Crippen molar-refractivity contribution in [3.63, 3.8) is 0 Å². The molecule has 0 radical (unpaired) electrons. The molecule has 0 unspecified atom stereocenters. The Balaban J connectivity index is 2.99. The molecule has 4 heteroatoms. The molecule has 1 aromatic rings. The van der Waals surface area contributed by atoms with Crippen molar-refractivity contribution in [2.75, 3.05) is 0 Å². The van der Waals surface area contributed by atoms with Crippen LogP contribution in [0.3, 0.4) is 0 Å². The van der Waals surface area contributed by atoms with E-state index in [4.69, 9.17) is 9.84 Å². The van der Waals surface area contributed by atoms with E-state index < -0.39 is 5.97 Å². The van der Waals surface area contributed by atoms with Gasteiger partial charge in [0, 0.05) is 0 Å². The number of carboxylic acids is 1. The average Bonchev–Trinajstić information content (AvgIpc) is 2.05. The lowest BCUT2D eigenvalue weighted by Gasteiger charge is -2.22. The molecule has 1 N–H and O–H groups in total. The number of benzene rings is 1. The van der Waals surface area contributed by atoms with Gasteiger partial charge in [-0.25, -0.2) is 4.79 Å². The van der Waals surface area contributed by atoms with Crippen LogP contribution in [0.4, 0.5) is 0 Å². The fourth-order valence-electron chi connectivity index (χ4n) is 1.05. The van der Waals surface area contributed by atoms with Gasteiger partial charge in [-0.15, -0.1) is 0 Å². The van der Waals surface area contributed by atoms with E-state index >= 15 is 0 Å². The van der Waals surface area contributed by atoms with Crippen LogP contribution in [0.5, 0.6) is 5.75 Å². The molecule has 0 aliphatic rings. The second-order valence-corrected chi connectivity index (χ2v) is 5.33. The van der Waals surface area contributed by atoms with Crippen molar-refractivity contribution in [3.8, 4) is 5.75 Å². The molecule has 0 aromatic heterocycles. The van der Waals surface area contributed by atoms with Gasteiger partial charge in [-0.2, -0.15) is 0 Å². The molecule has 0 fully saturated rings. The zero-order valence-electron chi connectivity index (χ0n) is 8.87. The maximum atomic E-state index is 10.7. The van der Waals surface area contributed by atoms with Crippen LogP contribution in [0, 0.1) is 3.57 Å². The summed E-state index contributed by atoms with van der Waals surface area (Å²) in [6.45, 7) is 5.86. The van der Waals surface area contributed by atoms with Gasteiger partial charge >= 0.3 is 5.97 Å². The number of halogens is 1. The highest BCUT2D eigenvalue weighted by Gasteiger charge is 2.15. The number of aromatic carboxylic acids is 1. The second-order valence-electron chi connectivity index (χ2n) is 4.16. The molecule has 0 bridgehead atoms. The highest BCUT2D eigenvalue weighted by Crippen LogP contribution is 2.25. The van der Waals surface area contributed by atoms with E-state index in [-0.39, 0.29) is 11.2 Å². The van der Waals surface area contributed by atoms with Crippen molar-refractivity contribution in [1.82, 2.24) is 0 Å². The van der Waals surface area contributed by atoms with Gasteiger partial charge in [0.1, 0.15) is 11.4 Å². The van der Waals surface area contributed by atoms with Gasteiger partial charge < -0.3 is 9.84 Å². The van der Waals surface area contributed by atoms with Crippen LogP contribution in [-0.2, 0) is 0 Å². The summed E-state index contributed by atoms with van der Waals surface area (Å²) in [4.78, 5) is 10.7. The Bertz CT molecular complexity index is 380. The van der Waals surface area contributed by atoms with Gasteiger partial charge in [-0.1, -0.05) is 0 Å². The van der Waals surface area contributed by atoms with E-state index in [1.807, 2.05) is 20.8 Å². The Kier molecular flexibility index (Phi) is 3.59. The maximum Gasteiger partial charge on any atom is 0.335 e.